The van der Waals surface area contributed by atoms with Gasteiger partial charge in [0.15, 0.2) is 0 Å². The van der Waals surface area contributed by atoms with Crippen LogP contribution in [0.1, 0.15) is 39.5 Å². The molecule has 0 unspecified atom stereocenters. The zero-order chi connectivity index (χ0) is 9.78. The third-order valence-electron chi connectivity index (χ3n) is 1.79. The van der Waals surface area contributed by atoms with Crippen LogP contribution < -0.4 is 0 Å². The van der Waals surface area contributed by atoms with E-state index >= 15 is 0 Å². The summed E-state index contributed by atoms with van der Waals surface area (Å²) in [5.41, 5.74) is 0. The van der Waals surface area contributed by atoms with E-state index in [0.29, 0.717) is 0 Å². The molecule has 13 heavy (non-hydrogen) atoms. The van der Waals surface area contributed by atoms with E-state index in [0.717, 1.165) is 38.9 Å². The molecule has 0 aliphatic rings. The van der Waals surface area contributed by atoms with Gasteiger partial charge in [-0.2, -0.15) is 0 Å². The van der Waals surface area contributed by atoms with Crippen molar-refractivity contribution in [1.82, 2.24) is 0 Å². The summed E-state index contributed by atoms with van der Waals surface area (Å²) in [6, 6.07) is 0. The molecule has 0 saturated carbocycles. The highest BCUT2D eigenvalue weighted by Gasteiger charge is 1.86. The second-order valence-electron chi connectivity index (χ2n) is 3.03. The van der Waals surface area contributed by atoms with Crippen LogP contribution in [0.4, 0.5) is 0 Å². The first-order valence-corrected chi connectivity index (χ1v) is 5.22. The summed E-state index contributed by atoms with van der Waals surface area (Å²) in [6.07, 6.45) is 13.1. The molecule has 1 nitrogen and oxygen atoms in total. The zero-order valence-corrected chi connectivity index (χ0v) is 8.96. The number of allylic oxidation sites excluding steroid dienone is 4. The van der Waals surface area contributed by atoms with Gasteiger partial charge in [0.25, 0.3) is 0 Å². The number of unbranched alkanes of at least 4 members (excludes halogenated alkanes) is 2. The average molecular weight is 182 g/mol. The molecule has 0 bridgehead atoms. The number of hydrogen-bond acceptors (Lipinski definition) is 1. The summed E-state index contributed by atoms with van der Waals surface area (Å²) < 4.78 is 5.46. The molecule has 0 rings (SSSR count). The van der Waals surface area contributed by atoms with E-state index in [1.165, 1.54) is 0 Å². The number of rotatable bonds is 8. The second-order valence-corrected chi connectivity index (χ2v) is 3.03. The Morgan fingerprint density at radius 2 is 1.31 bits per heavy atom. The summed E-state index contributed by atoms with van der Waals surface area (Å²) in [6.45, 7) is 5.91. The molecule has 0 radical (unpaired) electrons. The van der Waals surface area contributed by atoms with E-state index < -0.39 is 0 Å². The fourth-order valence-corrected chi connectivity index (χ4v) is 1.04. The third kappa shape index (κ3) is 11.4. The molecule has 0 aromatic rings. The highest BCUT2D eigenvalue weighted by atomic mass is 16.5. The van der Waals surface area contributed by atoms with Crippen LogP contribution in [-0.4, -0.2) is 13.2 Å². The quantitative estimate of drug-likeness (QED) is 0.410. The van der Waals surface area contributed by atoms with Crippen molar-refractivity contribution in [2.45, 2.75) is 39.5 Å². The first-order chi connectivity index (χ1) is 6.41. The predicted molar refractivity (Wildman–Crippen MR) is 58.9 cm³/mol. The molecule has 0 heterocycles. The summed E-state index contributed by atoms with van der Waals surface area (Å²) >= 11 is 0. The summed E-state index contributed by atoms with van der Waals surface area (Å²) in [5, 5.41) is 0. The van der Waals surface area contributed by atoms with E-state index in [9.17, 15) is 0 Å². The lowest BCUT2D eigenvalue weighted by Crippen LogP contribution is -1.95. The van der Waals surface area contributed by atoms with Gasteiger partial charge in [-0.3, -0.25) is 0 Å². The van der Waals surface area contributed by atoms with Crippen molar-refractivity contribution in [2.24, 2.45) is 0 Å². The fraction of sp³-hybridized carbons (Fsp3) is 0.667. The first-order valence-electron chi connectivity index (χ1n) is 5.22. The van der Waals surface area contributed by atoms with Crippen LogP contribution in [0.15, 0.2) is 24.3 Å². The molecular formula is C12H22O. The smallest absolute Gasteiger partial charge is 0.0468 e. The Labute approximate surface area is 82.5 Å². The molecule has 0 saturated heterocycles. The lowest BCUT2D eigenvalue weighted by Gasteiger charge is -2.00. The first kappa shape index (κ1) is 12.4. The molecule has 0 aliphatic heterocycles. The van der Waals surface area contributed by atoms with Gasteiger partial charge in [-0.1, -0.05) is 24.3 Å². The Morgan fingerprint density at radius 3 is 1.69 bits per heavy atom. The molecule has 0 aliphatic carbocycles. The van der Waals surface area contributed by atoms with Gasteiger partial charge in [0.2, 0.25) is 0 Å². The summed E-state index contributed by atoms with van der Waals surface area (Å²) in [4.78, 5) is 0. The molecule has 0 fully saturated rings. The van der Waals surface area contributed by atoms with Gasteiger partial charge in [-0.15, -0.1) is 0 Å². The maximum atomic E-state index is 5.46. The van der Waals surface area contributed by atoms with Crippen molar-refractivity contribution in [2.75, 3.05) is 13.2 Å². The summed E-state index contributed by atoms with van der Waals surface area (Å²) in [5.74, 6) is 0. The van der Waals surface area contributed by atoms with Crippen molar-refractivity contribution >= 4 is 0 Å². The highest BCUT2D eigenvalue weighted by Crippen LogP contribution is 1.95. The second kappa shape index (κ2) is 11.4. The van der Waals surface area contributed by atoms with E-state index in [-0.39, 0.29) is 0 Å². The Bertz CT molecular complexity index is 120. The van der Waals surface area contributed by atoms with Crippen LogP contribution in [0, 0.1) is 0 Å². The maximum absolute atomic E-state index is 5.46. The molecule has 0 amide bonds. The largest absolute Gasteiger partial charge is 0.381 e. The Kier molecular flexibility index (Phi) is 10.9. The minimum absolute atomic E-state index is 0.903. The van der Waals surface area contributed by atoms with Crippen LogP contribution in [0.25, 0.3) is 0 Å². The van der Waals surface area contributed by atoms with Gasteiger partial charge in [0, 0.05) is 13.2 Å². The average Bonchev–Trinajstić information content (AvgIpc) is 2.16. The van der Waals surface area contributed by atoms with Crippen molar-refractivity contribution in [3.8, 4) is 0 Å². The summed E-state index contributed by atoms with van der Waals surface area (Å²) in [7, 11) is 0. The lowest BCUT2D eigenvalue weighted by atomic mass is 10.3. The maximum Gasteiger partial charge on any atom is 0.0468 e. The van der Waals surface area contributed by atoms with Gasteiger partial charge < -0.3 is 4.74 Å². The Morgan fingerprint density at radius 1 is 0.846 bits per heavy atom. The molecule has 0 aromatic carbocycles. The minimum atomic E-state index is 0.903. The zero-order valence-electron chi connectivity index (χ0n) is 8.96. The van der Waals surface area contributed by atoms with Gasteiger partial charge in [0.05, 0.1) is 0 Å². The molecule has 0 aromatic heterocycles. The number of hydrogen-bond donors (Lipinski definition) is 0. The van der Waals surface area contributed by atoms with Crippen molar-refractivity contribution in [3.63, 3.8) is 0 Å². The standard InChI is InChI=1S/C12H22O/c1-3-5-7-9-11-13-12-10-8-6-4-2/h3-6H,7-12H2,1-2H3/b5-3+,6-4+. The van der Waals surface area contributed by atoms with E-state index in [1.54, 1.807) is 0 Å². The van der Waals surface area contributed by atoms with Crippen molar-refractivity contribution in [1.29, 1.82) is 0 Å². The van der Waals surface area contributed by atoms with Crippen LogP contribution >= 0.6 is 0 Å². The van der Waals surface area contributed by atoms with Gasteiger partial charge in [-0.25, -0.2) is 0 Å². The van der Waals surface area contributed by atoms with Crippen molar-refractivity contribution in [3.05, 3.63) is 24.3 Å². The van der Waals surface area contributed by atoms with Crippen molar-refractivity contribution < 1.29 is 4.74 Å². The third-order valence-corrected chi connectivity index (χ3v) is 1.79. The monoisotopic (exact) mass is 182 g/mol. The van der Waals surface area contributed by atoms with Crippen LogP contribution in [0.5, 0.6) is 0 Å². The van der Waals surface area contributed by atoms with Gasteiger partial charge in [-0.05, 0) is 39.5 Å². The van der Waals surface area contributed by atoms with Crippen LogP contribution in [0.3, 0.4) is 0 Å². The van der Waals surface area contributed by atoms with E-state index in [1.807, 2.05) is 0 Å². The highest BCUT2D eigenvalue weighted by molar-refractivity contribution is 4.76. The van der Waals surface area contributed by atoms with Gasteiger partial charge in [0.1, 0.15) is 0 Å². The molecule has 0 spiro atoms. The number of ether oxygens (including phenoxy) is 1. The molecule has 1 heteroatoms. The van der Waals surface area contributed by atoms with E-state index in [2.05, 4.69) is 38.2 Å². The predicted octanol–water partition coefficient (Wildman–Crippen LogP) is 3.72. The fourth-order valence-electron chi connectivity index (χ4n) is 1.04. The van der Waals surface area contributed by atoms with Gasteiger partial charge >= 0.3 is 0 Å². The SMILES string of the molecule is C/C=C/CCCOCCC/C=C/C. The lowest BCUT2D eigenvalue weighted by molar-refractivity contribution is 0.130. The van der Waals surface area contributed by atoms with Crippen LogP contribution in [-0.2, 0) is 4.74 Å². The molecule has 0 atom stereocenters. The minimum Gasteiger partial charge on any atom is -0.381 e. The normalized spacial score (nSPS) is 11.8. The molecular weight excluding hydrogens is 160 g/mol. The molecule has 76 valence electrons. The Balaban J connectivity index is 2.91. The Hall–Kier alpha value is -0.560. The van der Waals surface area contributed by atoms with E-state index in [4.69, 9.17) is 4.74 Å². The molecule has 0 N–H and O–H groups in total. The topological polar surface area (TPSA) is 9.23 Å². The van der Waals surface area contributed by atoms with Crippen LogP contribution in [0.2, 0.25) is 0 Å².